The summed E-state index contributed by atoms with van der Waals surface area (Å²) in [5.74, 6) is 1.17. The van der Waals surface area contributed by atoms with Gasteiger partial charge in [0.2, 0.25) is 0 Å². The Hall–Kier alpha value is -0.0600. The zero-order valence-electron chi connectivity index (χ0n) is 10.6. The molecule has 1 heterocycles. The monoisotopic (exact) mass is 258 g/mol. The lowest BCUT2D eigenvalue weighted by Gasteiger charge is -2.16. The fraction of sp³-hybridized carbons (Fsp3) is 0.750. The highest BCUT2D eigenvalue weighted by Gasteiger charge is 2.11. The zero-order valence-corrected chi connectivity index (χ0v) is 12.3. The van der Waals surface area contributed by atoms with Crippen molar-refractivity contribution in [1.29, 1.82) is 0 Å². The maximum absolute atomic E-state index is 4.51. The smallest absolute Gasteiger partial charge is 0.0943 e. The number of thioether (sulfide) groups is 1. The van der Waals surface area contributed by atoms with Crippen molar-refractivity contribution < 1.29 is 0 Å². The van der Waals surface area contributed by atoms with E-state index in [4.69, 9.17) is 0 Å². The summed E-state index contributed by atoms with van der Waals surface area (Å²) in [5.41, 5.74) is 1.14. The molecule has 2 unspecified atom stereocenters. The van der Waals surface area contributed by atoms with Gasteiger partial charge in [-0.25, -0.2) is 4.98 Å². The molecule has 0 saturated heterocycles. The van der Waals surface area contributed by atoms with E-state index in [0.29, 0.717) is 6.04 Å². The lowest BCUT2D eigenvalue weighted by atomic mass is 10.2. The largest absolute Gasteiger partial charge is 0.316 e. The van der Waals surface area contributed by atoms with Crippen LogP contribution >= 0.6 is 23.1 Å². The van der Waals surface area contributed by atoms with Gasteiger partial charge in [0.15, 0.2) is 0 Å². The number of aromatic nitrogens is 1. The van der Waals surface area contributed by atoms with Gasteiger partial charge in [-0.3, -0.25) is 0 Å². The van der Waals surface area contributed by atoms with E-state index in [9.17, 15) is 0 Å². The van der Waals surface area contributed by atoms with E-state index in [-0.39, 0.29) is 0 Å². The Morgan fingerprint density at radius 2 is 2.31 bits per heavy atom. The molecular weight excluding hydrogens is 236 g/mol. The molecule has 2 nitrogen and oxygen atoms in total. The number of aryl methyl sites for hydroxylation is 1. The molecule has 0 spiro atoms. The quantitative estimate of drug-likeness (QED) is 0.813. The van der Waals surface area contributed by atoms with Crippen molar-refractivity contribution >= 4 is 23.1 Å². The average molecular weight is 258 g/mol. The van der Waals surface area contributed by atoms with Crippen LogP contribution in [0.2, 0.25) is 0 Å². The lowest BCUT2D eigenvalue weighted by Crippen LogP contribution is -2.30. The summed E-state index contributed by atoms with van der Waals surface area (Å²) in [6.45, 7) is 6.60. The molecule has 0 fully saturated rings. The van der Waals surface area contributed by atoms with Gasteiger partial charge in [-0.15, -0.1) is 11.3 Å². The first kappa shape index (κ1) is 14.0. The van der Waals surface area contributed by atoms with Gasteiger partial charge in [-0.05, 0) is 20.4 Å². The third-order valence-corrected chi connectivity index (χ3v) is 5.14. The summed E-state index contributed by atoms with van der Waals surface area (Å²) in [4.78, 5) is 4.51. The van der Waals surface area contributed by atoms with Gasteiger partial charge in [0.05, 0.1) is 5.01 Å². The Morgan fingerprint density at radius 3 is 2.81 bits per heavy atom. The summed E-state index contributed by atoms with van der Waals surface area (Å²) in [6, 6.07) is 0.546. The van der Waals surface area contributed by atoms with E-state index in [1.807, 2.05) is 18.8 Å². The number of thiazole rings is 1. The number of hydrogen-bond donors (Lipinski definition) is 1. The molecule has 0 bridgehead atoms. The molecule has 0 aliphatic heterocycles. The number of likely N-dealkylation sites (N-methyl/N-ethyl adjacent to an activating group) is 1. The normalized spacial score (nSPS) is 15.0. The predicted molar refractivity (Wildman–Crippen MR) is 75.6 cm³/mol. The van der Waals surface area contributed by atoms with E-state index >= 15 is 0 Å². The highest BCUT2D eigenvalue weighted by Crippen LogP contribution is 2.17. The number of nitrogens with zero attached hydrogens (tertiary/aromatic N) is 1. The average Bonchev–Trinajstić information content (AvgIpc) is 2.69. The SMILES string of the molecule is CCC(C)SCC(Cc1nc(C)cs1)NC. The van der Waals surface area contributed by atoms with E-state index in [1.54, 1.807) is 11.3 Å². The molecule has 0 aromatic carbocycles. The molecule has 0 aliphatic rings. The number of nitrogens with one attached hydrogen (secondary N) is 1. The fourth-order valence-electron chi connectivity index (χ4n) is 1.35. The first-order valence-electron chi connectivity index (χ1n) is 5.85. The Labute approximate surface area is 107 Å². The molecule has 0 amide bonds. The minimum Gasteiger partial charge on any atom is -0.316 e. The summed E-state index contributed by atoms with van der Waals surface area (Å²) < 4.78 is 0. The maximum atomic E-state index is 4.51. The van der Waals surface area contributed by atoms with Crippen LogP contribution in [0.25, 0.3) is 0 Å². The van der Waals surface area contributed by atoms with E-state index in [2.05, 4.69) is 36.5 Å². The maximum Gasteiger partial charge on any atom is 0.0943 e. The van der Waals surface area contributed by atoms with Crippen LogP contribution in [0.3, 0.4) is 0 Å². The molecule has 92 valence electrons. The summed E-state index contributed by atoms with van der Waals surface area (Å²) in [6.07, 6.45) is 2.30. The van der Waals surface area contributed by atoms with Crippen LogP contribution in [0.1, 0.15) is 31.0 Å². The standard InChI is InChI=1S/C12H22N2S2/c1-5-10(3)15-8-11(13-4)6-12-14-9(2)7-16-12/h7,10-11,13H,5-6,8H2,1-4H3. The molecule has 0 aliphatic carbocycles. The van der Waals surface area contributed by atoms with Gasteiger partial charge in [-0.2, -0.15) is 11.8 Å². The molecule has 4 heteroatoms. The van der Waals surface area contributed by atoms with Crippen LogP contribution < -0.4 is 5.32 Å². The topological polar surface area (TPSA) is 24.9 Å². The Morgan fingerprint density at radius 1 is 1.56 bits per heavy atom. The highest BCUT2D eigenvalue weighted by atomic mass is 32.2. The van der Waals surface area contributed by atoms with Crippen molar-refractivity contribution in [2.24, 2.45) is 0 Å². The van der Waals surface area contributed by atoms with Crippen LogP contribution in [0.15, 0.2) is 5.38 Å². The molecule has 1 aromatic heterocycles. The zero-order chi connectivity index (χ0) is 12.0. The molecule has 0 radical (unpaired) electrons. The molecule has 16 heavy (non-hydrogen) atoms. The summed E-state index contributed by atoms with van der Waals surface area (Å²) in [7, 11) is 2.04. The van der Waals surface area contributed by atoms with Crippen molar-refractivity contribution in [3.05, 3.63) is 16.1 Å². The van der Waals surface area contributed by atoms with Crippen molar-refractivity contribution in [3.8, 4) is 0 Å². The summed E-state index contributed by atoms with van der Waals surface area (Å²) in [5, 5.41) is 7.52. The highest BCUT2D eigenvalue weighted by molar-refractivity contribution is 7.99. The molecule has 0 saturated carbocycles. The fourth-order valence-corrected chi connectivity index (χ4v) is 3.28. The van der Waals surface area contributed by atoms with Gasteiger partial charge in [0.25, 0.3) is 0 Å². The third kappa shape index (κ3) is 4.85. The van der Waals surface area contributed by atoms with Gasteiger partial charge < -0.3 is 5.32 Å². The molecule has 1 rings (SSSR count). The molecular formula is C12H22N2S2. The molecule has 1 N–H and O–H groups in total. The lowest BCUT2D eigenvalue weighted by molar-refractivity contribution is 0.613. The Balaban J connectivity index is 2.37. The van der Waals surface area contributed by atoms with E-state index in [1.165, 1.54) is 17.2 Å². The number of rotatable bonds is 7. The van der Waals surface area contributed by atoms with Crippen molar-refractivity contribution in [3.63, 3.8) is 0 Å². The second-order valence-electron chi connectivity index (χ2n) is 4.12. The van der Waals surface area contributed by atoms with Gasteiger partial charge >= 0.3 is 0 Å². The first-order chi connectivity index (χ1) is 7.65. The second-order valence-corrected chi connectivity index (χ2v) is 6.54. The van der Waals surface area contributed by atoms with Gasteiger partial charge in [0, 0.05) is 34.5 Å². The third-order valence-electron chi connectivity index (χ3n) is 2.65. The van der Waals surface area contributed by atoms with E-state index in [0.717, 1.165) is 17.4 Å². The van der Waals surface area contributed by atoms with E-state index < -0.39 is 0 Å². The Kier molecular flexibility index (Phi) is 6.39. The van der Waals surface area contributed by atoms with Crippen molar-refractivity contribution in [1.82, 2.24) is 10.3 Å². The van der Waals surface area contributed by atoms with Crippen molar-refractivity contribution in [2.75, 3.05) is 12.8 Å². The predicted octanol–water partition coefficient (Wildman–Crippen LogP) is 3.11. The van der Waals surface area contributed by atoms with Crippen LogP contribution in [0, 0.1) is 6.92 Å². The van der Waals surface area contributed by atoms with Gasteiger partial charge in [-0.1, -0.05) is 13.8 Å². The minimum atomic E-state index is 0.546. The van der Waals surface area contributed by atoms with Crippen LogP contribution in [0.4, 0.5) is 0 Å². The Bertz CT molecular complexity index is 299. The molecule has 1 aromatic rings. The van der Waals surface area contributed by atoms with Gasteiger partial charge in [0.1, 0.15) is 0 Å². The van der Waals surface area contributed by atoms with Crippen LogP contribution in [-0.4, -0.2) is 29.1 Å². The van der Waals surface area contributed by atoms with Crippen molar-refractivity contribution in [2.45, 2.75) is 44.9 Å². The number of hydrogen-bond acceptors (Lipinski definition) is 4. The molecule has 2 atom stereocenters. The minimum absolute atomic E-state index is 0.546. The summed E-state index contributed by atoms with van der Waals surface area (Å²) >= 11 is 3.82. The van der Waals surface area contributed by atoms with Crippen LogP contribution in [-0.2, 0) is 6.42 Å². The second kappa shape index (κ2) is 7.30. The van der Waals surface area contributed by atoms with Crippen LogP contribution in [0.5, 0.6) is 0 Å². The first-order valence-corrected chi connectivity index (χ1v) is 7.78.